The van der Waals surface area contributed by atoms with E-state index in [9.17, 15) is 28.7 Å². The van der Waals surface area contributed by atoms with Gasteiger partial charge < -0.3 is 25.2 Å². The first-order valence-electron chi connectivity index (χ1n) is 10.8. The Morgan fingerprint density at radius 3 is 2.12 bits per heavy atom. The third kappa shape index (κ3) is 8.45. The first kappa shape index (κ1) is 28.0. The molecule has 0 aromatic heterocycles. The van der Waals surface area contributed by atoms with E-state index in [4.69, 9.17) is 9.47 Å². The summed E-state index contributed by atoms with van der Waals surface area (Å²) < 4.78 is 23.0. The molecule has 10 heteroatoms. The molecule has 9 nitrogen and oxygen atoms in total. The van der Waals surface area contributed by atoms with Crippen molar-refractivity contribution in [1.82, 2.24) is 10.6 Å². The van der Waals surface area contributed by atoms with Crippen LogP contribution in [0.5, 0.6) is 0 Å². The zero-order valence-electron chi connectivity index (χ0n) is 19.6. The molecule has 1 aromatic carbocycles. The number of ether oxygens (including phenoxy) is 2. The Kier molecular flexibility index (Phi) is 10.9. The van der Waals surface area contributed by atoms with E-state index in [2.05, 4.69) is 10.6 Å². The summed E-state index contributed by atoms with van der Waals surface area (Å²) in [7, 11) is 0. The molecule has 0 spiro atoms. The fourth-order valence-electron chi connectivity index (χ4n) is 2.97. The van der Waals surface area contributed by atoms with Gasteiger partial charge in [-0.1, -0.05) is 12.1 Å². The maximum Gasteiger partial charge on any atom is 0.328 e. The van der Waals surface area contributed by atoms with Crippen molar-refractivity contribution >= 4 is 23.8 Å². The number of halogens is 1. The van der Waals surface area contributed by atoms with E-state index < -0.39 is 53.2 Å². The van der Waals surface area contributed by atoms with Crippen molar-refractivity contribution < 1.29 is 38.1 Å². The molecule has 0 unspecified atom stereocenters. The molecule has 33 heavy (non-hydrogen) atoms. The smallest absolute Gasteiger partial charge is 0.328 e. The van der Waals surface area contributed by atoms with E-state index in [0.717, 1.165) is 0 Å². The fourth-order valence-corrected chi connectivity index (χ4v) is 2.97. The van der Waals surface area contributed by atoms with E-state index >= 15 is 0 Å². The van der Waals surface area contributed by atoms with Crippen molar-refractivity contribution in [2.75, 3.05) is 13.2 Å². The van der Waals surface area contributed by atoms with Crippen LogP contribution in [0, 0.1) is 5.82 Å². The van der Waals surface area contributed by atoms with Crippen molar-refractivity contribution in [3.05, 3.63) is 35.6 Å². The quantitative estimate of drug-likeness (QED) is 0.395. The Bertz CT molecular complexity index is 825. The molecule has 1 rings (SSSR count). The number of rotatable bonds is 12. The number of aliphatic hydroxyl groups is 1. The second-order valence-electron chi connectivity index (χ2n) is 7.98. The number of hydrogen-bond donors (Lipinski definition) is 3. The fraction of sp³-hybridized carbons (Fsp3) is 0.565. The number of benzene rings is 1. The summed E-state index contributed by atoms with van der Waals surface area (Å²) >= 11 is 0. The monoisotopic (exact) mass is 468 g/mol. The van der Waals surface area contributed by atoms with E-state index in [1.165, 1.54) is 31.2 Å². The highest BCUT2D eigenvalue weighted by Gasteiger charge is 2.36. The summed E-state index contributed by atoms with van der Waals surface area (Å²) in [6, 6.07) is 2.78. The normalized spacial score (nSPS) is 13.9. The minimum Gasteiger partial charge on any atom is -0.466 e. The summed E-state index contributed by atoms with van der Waals surface area (Å²) in [5, 5.41) is 15.1. The van der Waals surface area contributed by atoms with Crippen molar-refractivity contribution in [2.24, 2.45) is 0 Å². The van der Waals surface area contributed by atoms with Gasteiger partial charge in [-0.2, -0.15) is 0 Å². The first-order valence-corrected chi connectivity index (χ1v) is 10.8. The molecule has 0 aliphatic rings. The Balaban J connectivity index is 2.97. The zero-order valence-corrected chi connectivity index (χ0v) is 19.6. The molecule has 0 bridgehead atoms. The van der Waals surface area contributed by atoms with E-state index in [0.29, 0.717) is 5.56 Å². The summed E-state index contributed by atoms with van der Waals surface area (Å²) in [4.78, 5) is 49.7. The molecule has 3 atom stereocenters. The average molecular weight is 469 g/mol. The second kappa shape index (κ2) is 12.9. The highest BCUT2D eigenvalue weighted by molar-refractivity contribution is 5.94. The largest absolute Gasteiger partial charge is 0.466 e. The summed E-state index contributed by atoms with van der Waals surface area (Å²) in [5.74, 6) is -3.16. The van der Waals surface area contributed by atoms with Gasteiger partial charge in [-0.05, 0) is 58.7 Å². The van der Waals surface area contributed by atoms with E-state index in [1.807, 2.05) is 0 Å². The molecule has 0 heterocycles. The molecule has 0 saturated heterocycles. The lowest BCUT2D eigenvalue weighted by atomic mass is 9.83. The maximum absolute atomic E-state index is 13.2. The summed E-state index contributed by atoms with van der Waals surface area (Å²) in [5.41, 5.74) is -0.643. The number of carbonyl (C=O) groups excluding carboxylic acids is 4. The maximum atomic E-state index is 13.2. The SMILES string of the molecule is CCOC(=O)CC[C@@H](NC(=O)[C@@H](NC(=O)C(C)(C)c1ccc(F)cc1)[C@H](C)O)C(=O)OCC. The number of aliphatic hydroxyl groups excluding tert-OH is 1. The van der Waals surface area contributed by atoms with E-state index in [1.54, 1.807) is 27.7 Å². The Hall–Kier alpha value is -3.01. The summed E-state index contributed by atoms with van der Waals surface area (Å²) in [6.07, 6.45) is -1.52. The van der Waals surface area contributed by atoms with E-state index in [-0.39, 0.29) is 26.1 Å². The van der Waals surface area contributed by atoms with Crippen LogP contribution >= 0.6 is 0 Å². The minimum atomic E-state index is -1.39. The van der Waals surface area contributed by atoms with Gasteiger partial charge in [-0.3, -0.25) is 14.4 Å². The molecule has 0 aliphatic heterocycles. The van der Waals surface area contributed by atoms with Gasteiger partial charge in [-0.25, -0.2) is 9.18 Å². The first-order chi connectivity index (χ1) is 15.4. The minimum absolute atomic E-state index is 0.0625. The lowest BCUT2D eigenvalue weighted by Crippen LogP contribution is -2.58. The van der Waals surface area contributed by atoms with Crippen LogP contribution in [-0.2, 0) is 34.1 Å². The van der Waals surface area contributed by atoms with Gasteiger partial charge in [0.05, 0.1) is 24.7 Å². The molecule has 3 N–H and O–H groups in total. The molecule has 1 aromatic rings. The van der Waals surface area contributed by atoms with Crippen molar-refractivity contribution in [2.45, 2.75) is 71.1 Å². The third-order valence-corrected chi connectivity index (χ3v) is 5.02. The van der Waals surface area contributed by atoms with Gasteiger partial charge in [0, 0.05) is 6.42 Å². The van der Waals surface area contributed by atoms with Crippen LogP contribution in [0.4, 0.5) is 4.39 Å². The van der Waals surface area contributed by atoms with Crippen molar-refractivity contribution in [3.63, 3.8) is 0 Å². The molecule has 0 aliphatic carbocycles. The van der Waals surface area contributed by atoms with Crippen molar-refractivity contribution in [1.29, 1.82) is 0 Å². The average Bonchev–Trinajstić information content (AvgIpc) is 2.74. The van der Waals surface area contributed by atoms with Crippen LogP contribution in [-0.4, -0.2) is 60.3 Å². The standard InChI is InChI=1S/C23H33FN2O7/c1-6-32-18(28)13-12-17(21(30)33-7-2)25-20(29)19(14(3)27)26-22(31)23(4,5)15-8-10-16(24)11-9-15/h8-11,14,17,19,27H,6-7,12-13H2,1-5H3,(H,25,29)(H,26,31)/t14-,17+,19-/m0/s1. The van der Waals surface area contributed by atoms with Gasteiger partial charge in [0.15, 0.2) is 0 Å². The molecule has 0 fully saturated rings. The van der Waals surface area contributed by atoms with Gasteiger partial charge in [-0.15, -0.1) is 0 Å². The molecule has 2 amide bonds. The topological polar surface area (TPSA) is 131 Å². The van der Waals surface area contributed by atoms with Crippen LogP contribution in [0.15, 0.2) is 24.3 Å². The van der Waals surface area contributed by atoms with Gasteiger partial charge in [0.2, 0.25) is 11.8 Å². The molecule has 184 valence electrons. The highest BCUT2D eigenvalue weighted by atomic mass is 19.1. The molecular formula is C23H33FN2O7. The number of nitrogens with one attached hydrogen (secondary N) is 2. The zero-order chi connectivity index (χ0) is 25.2. The summed E-state index contributed by atoms with van der Waals surface area (Å²) in [6.45, 7) is 7.97. The van der Waals surface area contributed by atoms with Crippen LogP contribution in [0.25, 0.3) is 0 Å². The van der Waals surface area contributed by atoms with Gasteiger partial charge >= 0.3 is 11.9 Å². The number of esters is 2. The second-order valence-corrected chi connectivity index (χ2v) is 7.98. The predicted octanol–water partition coefficient (Wildman–Crippen LogP) is 1.36. The Labute approximate surface area is 193 Å². The molecular weight excluding hydrogens is 435 g/mol. The lowest BCUT2D eigenvalue weighted by molar-refractivity contribution is -0.149. The number of carbonyl (C=O) groups is 4. The Morgan fingerprint density at radius 1 is 1.03 bits per heavy atom. The highest BCUT2D eigenvalue weighted by Crippen LogP contribution is 2.24. The van der Waals surface area contributed by atoms with Crippen LogP contribution < -0.4 is 10.6 Å². The predicted molar refractivity (Wildman–Crippen MR) is 117 cm³/mol. The van der Waals surface area contributed by atoms with Crippen molar-refractivity contribution in [3.8, 4) is 0 Å². The van der Waals surface area contributed by atoms with Crippen LogP contribution in [0.2, 0.25) is 0 Å². The van der Waals surface area contributed by atoms with Gasteiger partial charge in [0.25, 0.3) is 0 Å². The number of hydrogen-bond acceptors (Lipinski definition) is 7. The lowest BCUT2D eigenvalue weighted by Gasteiger charge is -2.29. The molecule has 0 saturated carbocycles. The number of amides is 2. The van der Waals surface area contributed by atoms with Gasteiger partial charge in [0.1, 0.15) is 17.9 Å². The van der Waals surface area contributed by atoms with Crippen LogP contribution in [0.1, 0.15) is 53.0 Å². The molecule has 0 radical (unpaired) electrons. The third-order valence-electron chi connectivity index (χ3n) is 5.02. The van der Waals surface area contributed by atoms with Crippen LogP contribution in [0.3, 0.4) is 0 Å². The Morgan fingerprint density at radius 2 is 1.61 bits per heavy atom.